The molecule has 0 atom stereocenters. The average Bonchev–Trinajstić information content (AvgIpc) is 2.50. The molecule has 0 radical (unpaired) electrons. The standard InChI is InChI=1S/C15H12ClFN2O3/c1-22-14(20)9-4-2-5-10(8-9)18-15(21)19-13-11(16)6-3-7-12(13)17/h2-8H,1H3,(H2,18,19,21). The molecule has 22 heavy (non-hydrogen) atoms. The third-order valence-electron chi connectivity index (χ3n) is 2.74. The Morgan fingerprint density at radius 2 is 1.86 bits per heavy atom. The van der Waals surface area contributed by atoms with E-state index in [0.717, 1.165) is 0 Å². The number of amides is 2. The minimum atomic E-state index is -0.686. The first-order valence-electron chi connectivity index (χ1n) is 6.21. The molecule has 0 bridgehead atoms. The molecule has 0 heterocycles. The van der Waals surface area contributed by atoms with Crippen LogP contribution in [0.1, 0.15) is 10.4 Å². The van der Waals surface area contributed by atoms with Crippen molar-refractivity contribution < 1.29 is 18.7 Å². The number of urea groups is 1. The van der Waals surface area contributed by atoms with Crippen LogP contribution >= 0.6 is 11.6 Å². The zero-order valence-corrected chi connectivity index (χ0v) is 12.3. The van der Waals surface area contributed by atoms with Gasteiger partial charge in [0.15, 0.2) is 0 Å². The van der Waals surface area contributed by atoms with Crippen LogP contribution < -0.4 is 10.6 Å². The molecule has 0 unspecified atom stereocenters. The van der Waals surface area contributed by atoms with Crippen LogP contribution in [0.4, 0.5) is 20.6 Å². The topological polar surface area (TPSA) is 67.4 Å². The lowest BCUT2D eigenvalue weighted by atomic mass is 10.2. The van der Waals surface area contributed by atoms with E-state index < -0.39 is 17.8 Å². The second-order valence-corrected chi connectivity index (χ2v) is 4.66. The number of halogens is 2. The molecule has 0 saturated carbocycles. The van der Waals surface area contributed by atoms with E-state index in [2.05, 4.69) is 15.4 Å². The highest BCUT2D eigenvalue weighted by Gasteiger charge is 2.12. The number of methoxy groups -OCH3 is 1. The van der Waals surface area contributed by atoms with Crippen molar-refractivity contribution in [1.29, 1.82) is 0 Å². The summed E-state index contributed by atoms with van der Waals surface area (Å²) in [5, 5.41) is 4.88. The Hall–Kier alpha value is -2.60. The van der Waals surface area contributed by atoms with Gasteiger partial charge in [0.1, 0.15) is 5.82 Å². The number of hydrogen-bond donors (Lipinski definition) is 2. The summed E-state index contributed by atoms with van der Waals surface area (Å²) in [6.07, 6.45) is 0. The van der Waals surface area contributed by atoms with Gasteiger partial charge in [-0.05, 0) is 30.3 Å². The van der Waals surface area contributed by atoms with Crippen LogP contribution in [0.3, 0.4) is 0 Å². The zero-order valence-electron chi connectivity index (χ0n) is 11.5. The lowest BCUT2D eigenvalue weighted by molar-refractivity contribution is 0.0600. The molecular formula is C15H12ClFN2O3. The van der Waals surface area contributed by atoms with Crippen molar-refractivity contribution in [2.45, 2.75) is 0 Å². The predicted molar refractivity (Wildman–Crippen MR) is 81.8 cm³/mol. The molecule has 0 aliphatic carbocycles. The van der Waals surface area contributed by atoms with Crippen LogP contribution in [-0.2, 0) is 4.74 Å². The molecule has 2 N–H and O–H groups in total. The number of esters is 1. The zero-order chi connectivity index (χ0) is 16.1. The van der Waals surface area contributed by atoms with Crippen molar-refractivity contribution in [2.24, 2.45) is 0 Å². The fourth-order valence-electron chi connectivity index (χ4n) is 1.73. The second kappa shape index (κ2) is 6.91. The number of hydrogen-bond acceptors (Lipinski definition) is 3. The number of ether oxygens (including phenoxy) is 1. The lowest BCUT2D eigenvalue weighted by Crippen LogP contribution is -2.20. The Morgan fingerprint density at radius 3 is 2.55 bits per heavy atom. The van der Waals surface area contributed by atoms with Crippen LogP contribution in [-0.4, -0.2) is 19.1 Å². The van der Waals surface area contributed by atoms with Crippen molar-refractivity contribution >= 4 is 35.0 Å². The molecule has 0 saturated heterocycles. The third kappa shape index (κ3) is 3.73. The Balaban J connectivity index is 2.11. The summed E-state index contributed by atoms with van der Waals surface area (Å²) in [6, 6.07) is 9.52. The van der Waals surface area contributed by atoms with Crippen molar-refractivity contribution in [2.75, 3.05) is 17.7 Å². The summed E-state index contributed by atoms with van der Waals surface area (Å²) in [6.45, 7) is 0. The van der Waals surface area contributed by atoms with Crippen molar-refractivity contribution in [3.8, 4) is 0 Å². The van der Waals surface area contributed by atoms with Gasteiger partial charge in [0.2, 0.25) is 0 Å². The lowest BCUT2D eigenvalue weighted by Gasteiger charge is -2.10. The average molecular weight is 323 g/mol. The van der Waals surface area contributed by atoms with Gasteiger partial charge >= 0.3 is 12.0 Å². The molecular weight excluding hydrogens is 311 g/mol. The van der Waals surface area contributed by atoms with E-state index in [1.165, 1.54) is 31.4 Å². The van der Waals surface area contributed by atoms with Crippen molar-refractivity contribution in [3.05, 3.63) is 58.9 Å². The number of rotatable bonds is 3. The maximum atomic E-state index is 13.6. The number of carbonyl (C=O) groups excluding carboxylic acids is 2. The van der Waals surface area contributed by atoms with E-state index in [0.29, 0.717) is 5.69 Å². The normalized spacial score (nSPS) is 9.95. The van der Waals surface area contributed by atoms with Gasteiger partial charge in [0.25, 0.3) is 0 Å². The molecule has 114 valence electrons. The summed E-state index contributed by atoms with van der Waals surface area (Å²) in [5.41, 5.74) is 0.517. The highest BCUT2D eigenvalue weighted by molar-refractivity contribution is 6.33. The van der Waals surface area contributed by atoms with E-state index in [9.17, 15) is 14.0 Å². The molecule has 2 aromatic carbocycles. The van der Waals surface area contributed by atoms with Crippen LogP contribution in [0, 0.1) is 5.82 Å². The molecule has 0 spiro atoms. The van der Waals surface area contributed by atoms with Gasteiger partial charge in [-0.25, -0.2) is 14.0 Å². The summed E-state index contributed by atoms with van der Waals surface area (Å²) >= 11 is 5.82. The maximum absolute atomic E-state index is 13.6. The smallest absolute Gasteiger partial charge is 0.337 e. The number of anilines is 2. The predicted octanol–water partition coefficient (Wildman–Crippen LogP) is 3.91. The van der Waals surface area contributed by atoms with Gasteiger partial charge in [0, 0.05) is 5.69 Å². The van der Waals surface area contributed by atoms with Crippen molar-refractivity contribution in [3.63, 3.8) is 0 Å². The Bertz CT molecular complexity index is 701. The third-order valence-corrected chi connectivity index (χ3v) is 3.06. The SMILES string of the molecule is COC(=O)c1cccc(NC(=O)Nc2c(F)cccc2Cl)c1. The van der Waals surface area contributed by atoms with Gasteiger partial charge in [-0.3, -0.25) is 0 Å². The van der Waals surface area contributed by atoms with Gasteiger partial charge in [-0.2, -0.15) is 0 Å². The number of nitrogens with one attached hydrogen (secondary N) is 2. The van der Waals surface area contributed by atoms with Gasteiger partial charge < -0.3 is 15.4 Å². The van der Waals surface area contributed by atoms with Gasteiger partial charge in [-0.1, -0.05) is 23.7 Å². The van der Waals surface area contributed by atoms with Crippen molar-refractivity contribution in [1.82, 2.24) is 0 Å². The Labute approximate surface area is 131 Å². The highest BCUT2D eigenvalue weighted by Crippen LogP contribution is 2.24. The van der Waals surface area contributed by atoms with Crippen LogP contribution in [0.25, 0.3) is 0 Å². The second-order valence-electron chi connectivity index (χ2n) is 4.25. The molecule has 0 fully saturated rings. The maximum Gasteiger partial charge on any atom is 0.337 e. The molecule has 0 aliphatic rings. The summed E-state index contributed by atoms with van der Waals surface area (Å²) in [5.74, 6) is -1.17. The van der Waals surface area contributed by atoms with Crippen LogP contribution in [0.5, 0.6) is 0 Å². The van der Waals surface area contributed by atoms with E-state index in [1.54, 1.807) is 18.2 Å². The fourth-order valence-corrected chi connectivity index (χ4v) is 1.95. The molecule has 0 aliphatic heterocycles. The summed E-state index contributed by atoms with van der Waals surface area (Å²) < 4.78 is 18.2. The Kier molecular flexibility index (Phi) is 4.95. The quantitative estimate of drug-likeness (QED) is 0.842. The van der Waals surface area contributed by atoms with E-state index in [4.69, 9.17) is 11.6 Å². The summed E-state index contributed by atoms with van der Waals surface area (Å²) in [4.78, 5) is 23.3. The van der Waals surface area contributed by atoms with Gasteiger partial charge in [0.05, 0.1) is 23.4 Å². The molecule has 2 aromatic rings. The highest BCUT2D eigenvalue weighted by atomic mass is 35.5. The Morgan fingerprint density at radius 1 is 1.14 bits per heavy atom. The van der Waals surface area contributed by atoms with E-state index in [1.807, 2.05) is 0 Å². The van der Waals surface area contributed by atoms with Gasteiger partial charge in [-0.15, -0.1) is 0 Å². The van der Waals surface area contributed by atoms with E-state index in [-0.39, 0.29) is 16.3 Å². The van der Waals surface area contributed by atoms with E-state index >= 15 is 0 Å². The number of benzene rings is 2. The number of carbonyl (C=O) groups is 2. The van der Waals surface area contributed by atoms with Crippen LogP contribution in [0.2, 0.25) is 5.02 Å². The molecule has 7 heteroatoms. The molecule has 0 aromatic heterocycles. The minimum Gasteiger partial charge on any atom is -0.465 e. The first kappa shape index (κ1) is 15.8. The summed E-state index contributed by atoms with van der Waals surface area (Å²) in [7, 11) is 1.26. The molecule has 5 nitrogen and oxygen atoms in total. The first-order chi connectivity index (χ1) is 10.5. The minimum absolute atomic E-state index is 0.0819. The number of para-hydroxylation sites is 1. The largest absolute Gasteiger partial charge is 0.465 e. The fraction of sp³-hybridized carbons (Fsp3) is 0.0667. The molecule has 2 rings (SSSR count). The van der Waals surface area contributed by atoms with Crippen LogP contribution in [0.15, 0.2) is 42.5 Å². The molecule has 2 amide bonds. The first-order valence-corrected chi connectivity index (χ1v) is 6.59. The monoisotopic (exact) mass is 322 g/mol.